The van der Waals surface area contributed by atoms with Crippen molar-refractivity contribution in [2.75, 3.05) is 7.05 Å². The van der Waals surface area contributed by atoms with Crippen LogP contribution in [0.1, 0.15) is 50.3 Å². The van der Waals surface area contributed by atoms with Crippen molar-refractivity contribution in [1.82, 2.24) is 20.6 Å². The highest BCUT2D eigenvalue weighted by atomic mass is 35.5. The monoisotopic (exact) mass is 682 g/mol. The number of halogens is 2. The number of carbonyl (C=O) groups excluding carboxylic acids is 1. The molecule has 7 aromatic rings. The van der Waals surface area contributed by atoms with Gasteiger partial charge in [-0.2, -0.15) is 0 Å². The zero-order valence-electron chi connectivity index (χ0n) is 27.2. The lowest BCUT2D eigenvalue weighted by molar-refractivity contribution is 0.0942. The van der Waals surface area contributed by atoms with Crippen molar-refractivity contribution >= 4 is 39.3 Å². The Kier molecular flexibility index (Phi) is 8.89. The average molecular weight is 683 g/mol. The van der Waals surface area contributed by atoms with Crippen molar-refractivity contribution in [2.24, 2.45) is 0 Å². The maximum absolute atomic E-state index is 15.1. The van der Waals surface area contributed by atoms with Crippen LogP contribution in [0.2, 0.25) is 5.02 Å². The van der Waals surface area contributed by atoms with E-state index in [1.807, 2.05) is 73.7 Å². The molecule has 0 aliphatic carbocycles. The molecular weight excluding hydrogens is 651 g/mol. The highest BCUT2D eigenvalue weighted by Crippen LogP contribution is 2.42. The van der Waals surface area contributed by atoms with E-state index >= 15 is 4.39 Å². The zero-order valence-corrected chi connectivity index (χ0v) is 27.9. The van der Waals surface area contributed by atoms with Gasteiger partial charge < -0.3 is 20.8 Å². The molecule has 2 unspecified atom stereocenters. The van der Waals surface area contributed by atoms with Crippen LogP contribution in [0, 0.1) is 12.7 Å². The fourth-order valence-electron chi connectivity index (χ4n) is 6.50. The lowest BCUT2D eigenvalue weighted by Crippen LogP contribution is -2.29. The first-order chi connectivity index (χ1) is 24.2. The molecule has 7 nitrogen and oxygen atoms in total. The fourth-order valence-corrected chi connectivity index (χ4v) is 6.68. The fraction of sp³-hybridized carbons (Fsp3) is 0.0976. The number of rotatable bonds is 8. The number of hydrogen-bond acceptors (Lipinski definition) is 6. The molecule has 248 valence electrons. The van der Waals surface area contributed by atoms with Crippen LogP contribution in [0.25, 0.3) is 32.9 Å². The molecule has 0 bridgehead atoms. The molecule has 0 spiro atoms. The molecule has 2 atom stereocenters. The standard InChI is InChI=1S/C41H32ClFN4O3/c1-23-6-3-7-27(20-23)41(50)47-35(30-16-14-25-8-4-18-45-36(25)39(30)48)26-12-10-24(11-13-26)31-22-33(40(49)38-29(31)9-5-19-46-38)37(44-2)32-21-28(42)15-17-34(32)43/h3-22,35,37,44,48-49H,1-2H3,(H,47,50). The zero-order chi connectivity index (χ0) is 34.9. The molecule has 4 N–H and O–H groups in total. The number of hydrogen-bond donors (Lipinski definition) is 4. The van der Waals surface area contributed by atoms with Crippen molar-refractivity contribution in [3.05, 3.63) is 166 Å². The first-order valence-corrected chi connectivity index (χ1v) is 16.4. The minimum atomic E-state index is -0.733. The van der Waals surface area contributed by atoms with Gasteiger partial charge in [-0.3, -0.25) is 14.8 Å². The summed E-state index contributed by atoms with van der Waals surface area (Å²) in [6, 6.07) is 30.6. The van der Waals surface area contributed by atoms with E-state index in [2.05, 4.69) is 20.6 Å². The summed E-state index contributed by atoms with van der Waals surface area (Å²) in [5.74, 6) is -0.853. The first kappa shape index (κ1) is 32.7. The van der Waals surface area contributed by atoms with Crippen LogP contribution in [0.3, 0.4) is 0 Å². The van der Waals surface area contributed by atoms with E-state index in [1.54, 1.807) is 43.7 Å². The summed E-state index contributed by atoms with van der Waals surface area (Å²) in [5.41, 5.74) is 5.71. The molecule has 0 aliphatic rings. The Hall–Kier alpha value is -5.83. The van der Waals surface area contributed by atoms with E-state index < -0.39 is 17.9 Å². The van der Waals surface area contributed by atoms with Crippen molar-refractivity contribution in [3.8, 4) is 22.6 Å². The van der Waals surface area contributed by atoms with E-state index in [4.69, 9.17) is 11.6 Å². The van der Waals surface area contributed by atoms with E-state index in [0.717, 1.165) is 27.6 Å². The minimum Gasteiger partial charge on any atom is -0.505 e. The normalized spacial score (nSPS) is 12.6. The van der Waals surface area contributed by atoms with Gasteiger partial charge in [-0.15, -0.1) is 0 Å². The molecule has 9 heteroatoms. The maximum Gasteiger partial charge on any atom is 0.252 e. The third kappa shape index (κ3) is 6.11. The van der Waals surface area contributed by atoms with Crippen LogP contribution in [0.4, 0.5) is 4.39 Å². The lowest BCUT2D eigenvalue weighted by Gasteiger charge is -2.23. The van der Waals surface area contributed by atoms with E-state index in [9.17, 15) is 15.0 Å². The van der Waals surface area contributed by atoms with Gasteiger partial charge in [0, 0.05) is 50.4 Å². The van der Waals surface area contributed by atoms with Crippen LogP contribution in [0.5, 0.6) is 11.5 Å². The maximum atomic E-state index is 15.1. The molecule has 7 rings (SSSR count). The number of phenols is 2. The number of fused-ring (bicyclic) bond motifs is 2. The number of nitrogens with zero attached hydrogens (tertiary/aromatic N) is 2. The van der Waals surface area contributed by atoms with Gasteiger partial charge in [0.1, 0.15) is 28.3 Å². The number of pyridine rings is 2. The van der Waals surface area contributed by atoms with Crippen LogP contribution in [-0.2, 0) is 0 Å². The Bertz CT molecular complexity index is 2400. The number of nitrogens with one attached hydrogen (secondary N) is 2. The van der Waals surface area contributed by atoms with Crippen LogP contribution in [0.15, 0.2) is 122 Å². The molecule has 0 radical (unpaired) electrons. The molecule has 0 fully saturated rings. The quantitative estimate of drug-likeness (QED) is 0.128. The second kappa shape index (κ2) is 13.6. The molecule has 2 heterocycles. The lowest BCUT2D eigenvalue weighted by atomic mass is 9.90. The number of aromatic hydroxyl groups is 2. The Morgan fingerprint density at radius 3 is 2.26 bits per heavy atom. The Morgan fingerprint density at radius 1 is 0.760 bits per heavy atom. The summed E-state index contributed by atoms with van der Waals surface area (Å²) in [7, 11) is 1.68. The third-order valence-corrected chi connectivity index (χ3v) is 9.20. The summed E-state index contributed by atoms with van der Waals surface area (Å²) in [6.07, 6.45) is 3.21. The predicted molar refractivity (Wildman–Crippen MR) is 195 cm³/mol. The van der Waals surface area contributed by atoms with E-state index in [-0.39, 0.29) is 23.0 Å². The third-order valence-electron chi connectivity index (χ3n) is 8.97. The highest BCUT2D eigenvalue weighted by molar-refractivity contribution is 6.30. The number of phenolic OH excluding ortho intramolecular Hbond substituents is 2. The molecule has 1 amide bonds. The van der Waals surface area contributed by atoms with Gasteiger partial charge in [0.15, 0.2) is 0 Å². The van der Waals surface area contributed by atoms with Crippen molar-refractivity contribution in [1.29, 1.82) is 0 Å². The molecular formula is C41H32ClFN4O3. The average Bonchev–Trinajstić information content (AvgIpc) is 3.14. The summed E-state index contributed by atoms with van der Waals surface area (Å²) < 4.78 is 15.1. The molecule has 0 aliphatic heterocycles. The van der Waals surface area contributed by atoms with Crippen molar-refractivity contribution in [2.45, 2.75) is 19.0 Å². The number of aryl methyl sites for hydroxylation is 1. The van der Waals surface area contributed by atoms with Gasteiger partial charge in [-0.25, -0.2) is 4.39 Å². The molecule has 50 heavy (non-hydrogen) atoms. The van der Waals surface area contributed by atoms with Gasteiger partial charge in [0.2, 0.25) is 0 Å². The molecule has 5 aromatic carbocycles. The van der Waals surface area contributed by atoms with Gasteiger partial charge in [-0.05, 0) is 79.2 Å². The van der Waals surface area contributed by atoms with Crippen LogP contribution < -0.4 is 10.6 Å². The topological polar surface area (TPSA) is 107 Å². The second-order valence-corrected chi connectivity index (χ2v) is 12.6. The number of aromatic nitrogens is 2. The van der Waals surface area contributed by atoms with Crippen molar-refractivity contribution < 1.29 is 19.4 Å². The van der Waals surface area contributed by atoms with E-state index in [0.29, 0.717) is 38.1 Å². The number of carbonyl (C=O) groups is 1. The SMILES string of the molecule is CNC(c1cc(Cl)ccc1F)c1cc(-c2ccc(C(NC(=O)c3cccc(C)c3)c3ccc4cccnc4c3O)cc2)c2cccnc2c1O. The number of benzene rings is 5. The Balaban J connectivity index is 1.34. The summed E-state index contributed by atoms with van der Waals surface area (Å²) in [6.45, 7) is 1.92. The van der Waals surface area contributed by atoms with Gasteiger partial charge in [0.05, 0.1) is 12.1 Å². The first-order valence-electron chi connectivity index (χ1n) is 16.0. The minimum absolute atomic E-state index is 0.0201. The smallest absolute Gasteiger partial charge is 0.252 e. The van der Waals surface area contributed by atoms with Crippen LogP contribution >= 0.6 is 11.6 Å². The summed E-state index contributed by atoms with van der Waals surface area (Å²) in [4.78, 5) is 22.5. The number of amides is 1. The van der Waals surface area contributed by atoms with Gasteiger partial charge in [0.25, 0.3) is 5.91 Å². The molecule has 2 aromatic heterocycles. The predicted octanol–water partition coefficient (Wildman–Crippen LogP) is 8.79. The van der Waals surface area contributed by atoms with Gasteiger partial charge in [-0.1, -0.05) is 77.8 Å². The van der Waals surface area contributed by atoms with Gasteiger partial charge >= 0.3 is 0 Å². The Labute approximate surface area is 293 Å². The summed E-state index contributed by atoms with van der Waals surface area (Å²) in [5, 5.41) is 31.0. The summed E-state index contributed by atoms with van der Waals surface area (Å²) >= 11 is 6.25. The largest absolute Gasteiger partial charge is 0.505 e. The van der Waals surface area contributed by atoms with E-state index in [1.165, 1.54) is 18.2 Å². The van der Waals surface area contributed by atoms with Crippen molar-refractivity contribution in [3.63, 3.8) is 0 Å². The highest BCUT2D eigenvalue weighted by Gasteiger charge is 2.26. The second-order valence-electron chi connectivity index (χ2n) is 12.1. The molecule has 0 saturated heterocycles. The Morgan fingerprint density at radius 2 is 1.50 bits per heavy atom. The van der Waals surface area contributed by atoms with Crippen LogP contribution in [-0.4, -0.2) is 33.1 Å². The molecule has 0 saturated carbocycles.